The van der Waals surface area contributed by atoms with Crippen molar-refractivity contribution in [3.63, 3.8) is 0 Å². The highest BCUT2D eigenvalue weighted by Crippen LogP contribution is 2.16. The zero-order chi connectivity index (χ0) is 14.5. The van der Waals surface area contributed by atoms with Crippen molar-refractivity contribution in [1.29, 1.82) is 0 Å². The fraction of sp³-hybridized carbons (Fsp3) is 0.200. The van der Waals surface area contributed by atoms with Gasteiger partial charge in [-0.3, -0.25) is 10.1 Å². The van der Waals surface area contributed by atoms with Gasteiger partial charge in [0.2, 0.25) is 0 Å². The second-order valence-electron chi connectivity index (χ2n) is 4.73. The molecule has 20 heavy (non-hydrogen) atoms. The highest BCUT2D eigenvalue weighted by molar-refractivity contribution is 9.10. The molecule has 0 aliphatic rings. The molecule has 4 nitrogen and oxygen atoms in total. The summed E-state index contributed by atoms with van der Waals surface area (Å²) in [5.74, 6) is 0. The highest BCUT2D eigenvalue weighted by atomic mass is 79.9. The molecule has 0 fully saturated rings. The van der Waals surface area contributed by atoms with Crippen LogP contribution in [0.2, 0.25) is 0 Å². The molecule has 0 saturated carbocycles. The molecule has 1 unspecified atom stereocenters. The van der Waals surface area contributed by atoms with Crippen molar-refractivity contribution in [2.75, 3.05) is 0 Å². The first kappa shape index (κ1) is 14.7. The van der Waals surface area contributed by atoms with Crippen LogP contribution in [-0.4, -0.2) is 11.0 Å². The number of nitrogens with two attached hydrogens (primary N) is 1. The van der Waals surface area contributed by atoms with Crippen LogP contribution in [0.25, 0.3) is 0 Å². The standard InChI is InChI=1S/C15H15BrN2O2/c16-13-5-1-3-11(7-13)8-14(17)9-12-4-2-6-15(10-12)18(19)20/h1-7,10,14H,8-9,17H2. The monoisotopic (exact) mass is 334 g/mol. The van der Waals surface area contributed by atoms with Gasteiger partial charge in [-0.2, -0.15) is 0 Å². The average molecular weight is 335 g/mol. The topological polar surface area (TPSA) is 69.2 Å². The zero-order valence-electron chi connectivity index (χ0n) is 10.8. The van der Waals surface area contributed by atoms with Crippen LogP contribution in [0.3, 0.4) is 0 Å². The zero-order valence-corrected chi connectivity index (χ0v) is 12.4. The van der Waals surface area contributed by atoms with Crippen molar-refractivity contribution in [2.45, 2.75) is 18.9 Å². The van der Waals surface area contributed by atoms with Crippen LogP contribution in [0, 0.1) is 10.1 Å². The Morgan fingerprint density at radius 3 is 2.30 bits per heavy atom. The summed E-state index contributed by atoms with van der Waals surface area (Å²) in [6.45, 7) is 0. The lowest BCUT2D eigenvalue weighted by Crippen LogP contribution is -2.25. The van der Waals surface area contributed by atoms with Crippen molar-refractivity contribution < 1.29 is 4.92 Å². The number of nitrogens with zero attached hydrogens (tertiary/aromatic N) is 1. The molecule has 104 valence electrons. The molecule has 0 bridgehead atoms. The van der Waals surface area contributed by atoms with Crippen LogP contribution in [-0.2, 0) is 12.8 Å². The minimum absolute atomic E-state index is 0.0636. The SMILES string of the molecule is NC(Cc1cccc(Br)c1)Cc1cccc([N+](=O)[O-])c1. The quantitative estimate of drug-likeness (QED) is 0.672. The van der Waals surface area contributed by atoms with Gasteiger partial charge in [-0.1, -0.05) is 40.2 Å². The summed E-state index contributed by atoms with van der Waals surface area (Å²) in [6, 6.07) is 14.6. The molecule has 2 aromatic carbocycles. The van der Waals surface area contributed by atoms with Gasteiger partial charge >= 0.3 is 0 Å². The van der Waals surface area contributed by atoms with Gasteiger partial charge in [0.05, 0.1) is 4.92 Å². The number of rotatable bonds is 5. The molecule has 0 heterocycles. The van der Waals surface area contributed by atoms with Gasteiger partial charge < -0.3 is 5.73 Å². The number of nitro groups is 1. The van der Waals surface area contributed by atoms with E-state index in [9.17, 15) is 10.1 Å². The van der Waals surface area contributed by atoms with E-state index in [1.807, 2.05) is 30.3 Å². The van der Waals surface area contributed by atoms with E-state index in [1.54, 1.807) is 12.1 Å². The van der Waals surface area contributed by atoms with Crippen molar-refractivity contribution in [1.82, 2.24) is 0 Å². The molecule has 0 spiro atoms. The van der Waals surface area contributed by atoms with Gasteiger partial charge in [0.15, 0.2) is 0 Å². The highest BCUT2D eigenvalue weighted by Gasteiger charge is 2.10. The fourth-order valence-corrected chi connectivity index (χ4v) is 2.59. The Morgan fingerprint density at radius 1 is 1.10 bits per heavy atom. The molecule has 0 amide bonds. The predicted octanol–water partition coefficient (Wildman–Crippen LogP) is 3.47. The summed E-state index contributed by atoms with van der Waals surface area (Å²) in [4.78, 5) is 10.4. The number of benzene rings is 2. The third-order valence-corrected chi connectivity index (χ3v) is 3.50. The summed E-state index contributed by atoms with van der Waals surface area (Å²) < 4.78 is 1.03. The van der Waals surface area contributed by atoms with Gasteiger partial charge in [-0.05, 0) is 36.1 Å². The van der Waals surface area contributed by atoms with Crippen LogP contribution >= 0.6 is 15.9 Å². The van der Waals surface area contributed by atoms with Gasteiger partial charge in [-0.25, -0.2) is 0 Å². The third kappa shape index (κ3) is 4.15. The van der Waals surface area contributed by atoms with Crippen molar-refractivity contribution in [2.24, 2.45) is 5.73 Å². The number of hydrogen-bond donors (Lipinski definition) is 1. The normalized spacial score (nSPS) is 12.1. The minimum Gasteiger partial charge on any atom is -0.327 e. The van der Waals surface area contributed by atoms with Crippen molar-refractivity contribution in [3.8, 4) is 0 Å². The van der Waals surface area contributed by atoms with E-state index in [0.29, 0.717) is 6.42 Å². The van der Waals surface area contributed by atoms with E-state index in [2.05, 4.69) is 15.9 Å². The average Bonchev–Trinajstić information content (AvgIpc) is 2.38. The Hall–Kier alpha value is -1.72. The number of nitro benzene ring substituents is 1. The van der Waals surface area contributed by atoms with E-state index in [1.165, 1.54) is 6.07 Å². The van der Waals surface area contributed by atoms with E-state index >= 15 is 0 Å². The number of halogens is 1. The maximum atomic E-state index is 10.7. The van der Waals surface area contributed by atoms with Crippen LogP contribution in [0.4, 0.5) is 5.69 Å². The maximum absolute atomic E-state index is 10.7. The molecule has 2 rings (SSSR count). The first-order chi connectivity index (χ1) is 9.54. The third-order valence-electron chi connectivity index (χ3n) is 3.01. The summed E-state index contributed by atoms with van der Waals surface area (Å²) in [5.41, 5.74) is 8.28. The molecule has 0 aromatic heterocycles. The van der Waals surface area contributed by atoms with E-state index < -0.39 is 0 Å². The molecular formula is C15H15BrN2O2. The van der Waals surface area contributed by atoms with Crippen molar-refractivity contribution >= 4 is 21.6 Å². The summed E-state index contributed by atoms with van der Waals surface area (Å²) >= 11 is 3.43. The number of hydrogen-bond acceptors (Lipinski definition) is 3. The van der Waals surface area contributed by atoms with Gasteiger partial charge in [0.1, 0.15) is 0 Å². The molecule has 0 saturated heterocycles. The van der Waals surface area contributed by atoms with Crippen LogP contribution in [0.15, 0.2) is 53.0 Å². The second kappa shape index (κ2) is 6.63. The molecule has 2 aromatic rings. The molecule has 0 aliphatic heterocycles. The van der Waals surface area contributed by atoms with Gasteiger partial charge in [0, 0.05) is 22.6 Å². The maximum Gasteiger partial charge on any atom is 0.269 e. The first-order valence-electron chi connectivity index (χ1n) is 6.28. The summed E-state index contributed by atoms with van der Waals surface area (Å²) in [5, 5.41) is 10.7. The number of non-ortho nitro benzene ring substituents is 1. The summed E-state index contributed by atoms with van der Waals surface area (Å²) in [6.07, 6.45) is 1.36. The first-order valence-corrected chi connectivity index (χ1v) is 7.07. The Morgan fingerprint density at radius 2 is 1.70 bits per heavy atom. The van der Waals surface area contributed by atoms with Gasteiger partial charge in [-0.15, -0.1) is 0 Å². The lowest BCUT2D eigenvalue weighted by Gasteiger charge is -2.12. The van der Waals surface area contributed by atoms with Crippen LogP contribution in [0.1, 0.15) is 11.1 Å². The second-order valence-corrected chi connectivity index (χ2v) is 5.64. The van der Waals surface area contributed by atoms with E-state index in [-0.39, 0.29) is 16.7 Å². The Bertz CT molecular complexity index is 616. The summed E-state index contributed by atoms with van der Waals surface area (Å²) in [7, 11) is 0. The fourth-order valence-electron chi connectivity index (χ4n) is 2.14. The lowest BCUT2D eigenvalue weighted by atomic mass is 9.99. The van der Waals surface area contributed by atoms with Gasteiger partial charge in [0.25, 0.3) is 5.69 Å². The molecule has 0 aliphatic carbocycles. The lowest BCUT2D eigenvalue weighted by molar-refractivity contribution is -0.384. The van der Waals surface area contributed by atoms with E-state index in [0.717, 1.165) is 22.0 Å². The Labute approximate surface area is 125 Å². The molecule has 0 radical (unpaired) electrons. The smallest absolute Gasteiger partial charge is 0.269 e. The van der Waals surface area contributed by atoms with Crippen LogP contribution < -0.4 is 5.73 Å². The van der Waals surface area contributed by atoms with E-state index in [4.69, 9.17) is 5.73 Å². The molecule has 1 atom stereocenters. The molecule has 5 heteroatoms. The van der Waals surface area contributed by atoms with Crippen molar-refractivity contribution in [3.05, 3.63) is 74.2 Å². The predicted molar refractivity (Wildman–Crippen MR) is 82.6 cm³/mol. The Kier molecular flexibility index (Phi) is 4.87. The van der Waals surface area contributed by atoms with Crippen LogP contribution in [0.5, 0.6) is 0 Å². The molecular weight excluding hydrogens is 320 g/mol. The minimum atomic E-state index is -0.386. The Balaban J connectivity index is 2.02. The molecule has 2 N–H and O–H groups in total. The largest absolute Gasteiger partial charge is 0.327 e.